The SMILES string of the molecule is Cc1ccc(C(O)Cc2ccncc2)cc1F. The Balaban J connectivity index is 2.14. The number of nitrogens with zero attached hydrogens (tertiary/aromatic N) is 1. The van der Waals surface area contributed by atoms with Crippen molar-refractivity contribution in [2.24, 2.45) is 0 Å². The van der Waals surface area contributed by atoms with Crippen molar-refractivity contribution in [1.29, 1.82) is 0 Å². The zero-order valence-electron chi connectivity index (χ0n) is 9.60. The molecule has 0 spiro atoms. The van der Waals surface area contributed by atoms with Crippen LogP contribution in [0.4, 0.5) is 4.39 Å². The Morgan fingerprint density at radius 2 is 1.94 bits per heavy atom. The molecule has 1 unspecified atom stereocenters. The van der Waals surface area contributed by atoms with Gasteiger partial charge >= 0.3 is 0 Å². The number of aliphatic hydroxyl groups excluding tert-OH is 1. The van der Waals surface area contributed by atoms with E-state index in [0.717, 1.165) is 5.56 Å². The fourth-order valence-corrected chi connectivity index (χ4v) is 1.68. The molecule has 17 heavy (non-hydrogen) atoms. The second-order valence-electron chi connectivity index (χ2n) is 4.08. The predicted octanol–water partition coefficient (Wildman–Crippen LogP) is 2.81. The molecular formula is C14H14FNO. The molecule has 1 N–H and O–H groups in total. The van der Waals surface area contributed by atoms with Gasteiger partial charge in [0.1, 0.15) is 5.82 Å². The number of hydrogen-bond acceptors (Lipinski definition) is 2. The molecule has 1 aromatic heterocycles. The van der Waals surface area contributed by atoms with Crippen molar-refractivity contribution >= 4 is 0 Å². The summed E-state index contributed by atoms with van der Waals surface area (Å²) in [5.41, 5.74) is 2.17. The van der Waals surface area contributed by atoms with E-state index in [1.807, 2.05) is 12.1 Å². The summed E-state index contributed by atoms with van der Waals surface area (Å²) in [5.74, 6) is -0.281. The van der Waals surface area contributed by atoms with Gasteiger partial charge in [-0.2, -0.15) is 0 Å². The molecule has 0 amide bonds. The molecule has 3 heteroatoms. The van der Waals surface area contributed by atoms with Gasteiger partial charge in [-0.15, -0.1) is 0 Å². The topological polar surface area (TPSA) is 33.1 Å². The van der Waals surface area contributed by atoms with Gasteiger partial charge in [0.15, 0.2) is 0 Å². The van der Waals surface area contributed by atoms with Crippen molar-refractivity contribution < 1.29 is 9.50 Å². The number of aryl methyl sites for hydroxylation is 1. The number of benzene rings is 1. The van der Waals surface area contributed by atoms with E-state index >= 15 is 0 Å². The van der Waals surface area contributed by atoms with Crippen LogP contribution in [-0.4, -0.2) is 10.1 Å². The van der Waals surface area contributed by atoms with E-state index in [1.165, 1.54) is 6.07 Å². The Labute approximate surface area is 99.8 Å². The number of rotatable bonds is 3. The lowest BCUT2D eigenvalue weighted by Crippen LogP contribution is -2.02. The highest BCUT2D eigenvalue weighted by Crippen LogP contribution is 2.20. The van der Waals surface area contributed by atoms with Crippen LogP contribution in [-0.2, 0) is 6.42 Å². The summed E-state index contributed by atoms with van der Waals surface area (Å²) < 4.78 is 13.4. The van der Waals surface area contributed by atoms with Crippen molar-refractivity contribution in [2.45, 2.75) is 19.4 Å². The molecule has 0 saturated heterocycles. The molecule has 0 saturated carbocycles. The summed E-state index contributed by atoms with van der Waals surface area (Å²) in [7, 11) is 0. The van der Waals surface area contributed by atoms with Crippen LogP contribution in [0, 0.1) is 12.7 Å². The van der Waals surface area contributed by atoms with Crippen molar-refractivity contribution in [2.75, 3.05) is 0 Å². The van der Waals surface area contributed by atoms with Gasteiger partial charge < -0.3 is 5.11 Å². The summed E-state index contributed by atoms with van der Waals surface area (Å²) in [5, 5.41) is 10.0. The predicted molar refractivity (Wildman–Crippen MR) is 64.0 cm³/mol. The lowest BCUT2D eigenvalue weighted by molar-refractivity contribution is 0.178. The summed E-state index contributed by atoms with van der Waals surface area (Å²) in [6, 6.07) is 8.51. The van der Waals surface area contributed by atoms with Crippen LogP contribution in [0.25, 0.3) is 0 Å². The molecule has 0 fully saturated rings. The normalized spacial score (nSPS) is 12.4. The van der Waals surface area contributed by atoms with E-state index < -0.39 is 6.10 Å². The van der Waals surface area contributed by atoms with Gasteiger partial charge in [-0.3, -0.25) is 4.98 Å². The summed E-state index contributed by atoms with van der Waals surface area (Å²) in [4.78, 5) is 3.91. The molecule has 0 aliphatic carbocycles. The Morgan fingerprint density at radius 1 is 1.24 bits per heavy atom. The molecule has 2 aromatic rings. The van der Waals surface area contributed by atoms with Crippen LogP contribution in [0.5, 0.6) is 0 Å². The molecule has 0 aliphatic rings. The van der Waals surface area contributed by atoms with Crippen LogP contribution in [0.2, 0.25) is 0 Å². The molecule has 2 rings (SSSR count). The largest absolute Gasteiger partial charge is 0.388 e. The van der Waals surface area contributed by atoms with Crippen molar-refractivity contribution in [3.63, 3.8) is 0 Å². The molecule has 2 nitrogen and oxygen atoms in total. The van der Waals surface area contributed by atoms with Crippen LogP contribution < -0.4 is 0 Å². The number of hydrogen-bond donors (Lipinski definition) is 1. The quantitative estimate of drug-likeness (QED) is 0.881. The first-order chi connectivity index (χ1) is 8.16. The first-order valence-electron chi connectivity index (χ1n) is 5.50. The maximum absolute atomic E-state index is 13.4. The Hall–Kier alpha value is -1.74. The van der Waals surface area contributed by atoms with E-state index in [9.17, 15) is 9.50 Å². The zero-order chi connectivity index (χ0) is 12.3. The zero-order valence-corrected chi connectivity index (χ0v) is 9.60. The standard InChI is InChI=1S/C14H14FNO/c1-10-2-3-12(9-13(10)15)14(17)8-11-4-6-16-7-5-11/h2-7,9,14,17H,8H2,1H3. The minimum Gasteiger partial charge on any atom is -0.388 e. The van der Waals surface area contributed by atoms with E-state index in [1.54, 1.807) is 31.5 Å². The van der Waals surface area contributed by atoms with E-state index in [-0.39, 0.29) is 5.82 Å². The molecule has 88 valence electrons. The smallest absolute Gasteiger partial charge is 0.126 e. The Bertz CT molecular complexity index is 499. The molecule has 0 bridgehead atoms. The Morgan fingerprint density at radius 3 is 2.59 bits per heavy atom. The first-order valence-corrected chi connectivity index (χ1v) is 5.50. The van der Waals surface area contributed by atoms with E-state index in [2.05, 4.69) is 4.98 Å². The maximum Gasteiger partial charge on any atom is 0.126 e. The average Bonchev–Trinajstić information content (AvgIpc) is 2.34. The van der Waals surface area contributed by atoms with Crippen LogP contribution in [0.3, 0.4) is 0 Å². The first kappa shape index (κ1) is 11.7. The highest BCUT2D eigenvalue weighted by molar-refractivity contribution is 5.26. The number of aliphatic hydroxyl groups is 1. The number of aromatic nitrogens is 1. The van der Waals surface area contributed by atoms with Gasteiger partial charge in [-0.1, -0.05) is 12.1 Å². The summed E-state index contributed by atoms with van der Waals surface area (Å²) >= 11 is 0. The molecule has 1 aromatic carbocycles. The molecule has 1 heterocycles. The van der Waals surface area contributed by atoms with Crippen LogP contribution >= 0.6 is 0 Å². The average molecular weight is 231 g/mol. The minimum absolute atomic E-state index is 0.281. The highest BCUT2D eigenvalue weighted by Gasteiger charge is 2.10. The number of halogens is 1. The van der Waals surface area contributed by atoms with Gasteiger partial charge in [0.25, 0.3) is 0 Å². The fraction of sp³-hybridized carbons (Fsp3) is 0.214. The van der Waals surface area contributed by atoms with E-state index in [4.69, 9.17) is 0 Å². The summed E-state index contributed by atoms with van der Waals surface area (Å²) in [6.07, 6.45) is 3.13. The lowest BCUT2D eigenvalue weighted by atomic mass is 10.0. The van der Waals surface area contributed by atoms with Crippen LogP contribution in [0.15, 0.2) is 42.7 Å². The Kier molecular flexibility index (Phi) is 3.49. The van der Waals surface area contributed by atoms with E-state index in [0.29, 0.717) is 17.5 Å². The second-order valence-corrected chi connectivity index (χ2v) is 4.08. The van der Waals surface area contributed by atoms with Gasteiger partial charge in [0.2, 0.25) is 0 Å². The third-order valence-corrected chi connectivity index (χ3v) is 2.76. The summed E-state index contributed by atoms with van der Waals surface area (Å²) in [6.45, 7) is 1.70. The van der Waals surface area contributed by atoms with Crippen molar-refractivity contribution in [3.05, 3.63) is 65.2 Å². The third-order valence-electron chi connectivity index (χ3n) is 2.76. The van der Waals surface area contributed by atoms with Crippen molar-refractivity contribution in [1.82, 2.24) is 4.98 Å². The number of pyridine rings is 1. The molecule has 0 radical (unpaired) electrons. The van der Waals surface area contributed by atoms with Gasteiger partial charge in [0, 0.05) is 18.8 Å². The fourth-order valence-electron chi connectivity index (χ4n) is 1.68. The van der Waals surface area contributed by atoms with Gasteiger partial charge in [0.05, 0.1) is 6.10 Å². The van der Waals surface area contributed by atoms with Crippen LogP contribution in [0.1, 0.15) is 22.8 Å². The van der Waals surface area contributed by atoms with Gasteiger partial charge in [-0.25, -0.2) is 4.39 Å². The molecule has 1 atom stereocenters. The second kappa shape index (κ2) is 5.06. The molecular weight excluding hydrogens is 217 g/mol. The lowest BCUT2D eigenvalue weighted by Gasteiger charge is -2.11. The molecule has 0 aliphatic heterocycles. The monoisotopic (exact) mass is 231 g/mol. The maximum atomic E-state index is 13.4. The minimum atomic E-state index is -0.688. The van der Waals surface area contributed by atoms with Gasteiger partial charge in [-0.05, 0) is 41.8 Å². The third kappa shape index (κ3) is 2.88. The van der Waals surface area contributed by atoms with Crippen molar-refractivity contribution in [3.8, 4) is 0 Å². The highest BCUT2D eigenvalue weighted by atomic mass is 19.1.